The van der Waals surface area contributed by atoms with E-state index < -0.39 is 6.10 Å². The van der Waals surface area contributed by atoms with Gasteiger partial charge >= 0.3 is 0 Å². The van der Waals surface area contributed by atoms with Crippen molar-refractivity contribution >= 4 is 23.2 Å². The first kappa shape index (κ1) is 16.1. The quantitative estimate of drug-likeness (QED) is 0.911. The summed E-state index contributed by atoms with van der Waals surface area (Å²) in [4.78, 5) is 23.9. The molecule has 0 spiro atoms. The van der Waals surface area contributed by atoms with Gasteiger partial charge in [-0.15, -0.1) is 0 Å². The van der Waals surface area contributed by atoms with Crippen LogP contribution in [0.15, 0.2) is 36.4 Å². The minimum Gasteiger partial charge on any atom is -0.479 e. The number of amides is 2. The Morgan fingerprint density at radius 1 is 1.17 bits per heavy atom. The van der Waals surface area contributed by atoms with E-state index in [0.29, 0.717) is 11.4 Å². The van der Waals surface area contributed by atoms with Crippen molar-refractivity contribution in [2.24, 2.45) is 0 Å². The predicted molar refractivity (Wildman–Crippen MR) is 93.4 cm³/mol. The highest BCUT2D eigenvalue weighted by Crippen LogP contribution is 2.30. The van der Waals surface area contributed by atoms with Crippen LogP contribution in [0.5, 0.6) is 5.75 Å². The van der Waals surface area contributed by atoms with Crippen LogP contribution in [0.25, 0.3) is 0 Å². The molecule has 0 saturated heterocycles. The molecule has 24 heavy (non-hydrogen) atoms. The van der Waals surface area contributed by atoms with Gasteiger partial charge < -0.3 is 15.4 Å². The van der Waals surface area contributed by atoms with Gasteiger partial charge in [0, 0.05) is 5.69 Å². The molecule has 1 aliphatic rings. The molecule has 0 fully saturated rings. The van der Waals surface area contributed by atoms with Gasteiger partial charge in [0.15, 0.2) is 6.10 Å². The normalized spacial score (nSPS) is 16.0. The van der Waals surface area contributed by atoms with Crippen molar-refractivity contribution in [3.05, 3.63) is 53.1 Å². The van der Waals surface area contributed by atoms with Gasteiger partial charge in [-0.2, -0.15) is 0 Å². The Hall–Kier alpha value is -2.82. The molecule has 1 aliphatic heterocycles. The lowest BCUT2D eigenvalue weighted by molar-refractivity contribution is -0.122. The van der Waals surface area contributed by atoms with Crippen molar-refractivity contribution in [1.82, 2.24) is 0 Å². The van der Waals surface area contributed by atoms with E-state index in [-0.39, 0.29) is 18.2 Å². The van der Waals surface area contributed by atoms with E-state index in [4.69, 9.17) is 4.74 Å². The van der Waals surface area contributed by atoms with E-state index in [9.17, 15) is 9.59 Å². The number of hydrogen-bond acceptors (Lipinski definition) is 3. The number of carbonyl (C=O) groups excluding carboxylic acids is 2. The van der Waals surface area contributed by atoms with Gasteiger partial charge in [-0.1, -0.05) is 12.1 Å². The third kappa shape index (κ3) is 3.40. The lowest BCUT2D eigenvalue weighted by Crippen LogP contribution is -2.34. The molecule has 3 rings (SSSR count). The van der Waals surface area contributed by atoms with Gasteiger partial charge in [0.2, 0.25) is 5.91 Å². The average molecular weight is 324 g/mol. The summed E-state index contributed by atoms with van der Waals surface area (Å²) in [7, 11) is 0. The molecule has 0 aliphatic carbocycles. The maximum atomic E-state index is 12.2. The number of anilines is 2. The SMILES string of the molecule is Cc1ccc(NC(=O)Cc2ccc3c(c2)NC(=O)C(C)O3)cc1C. The fourth-order valence-electron chi connectivity index (χ4n) is 2.58. The lowest BCUT2D eigenvalue weighted by atomic mass is 10.1. The summed E-state index contributed by atoms with van der Waals surface area (Å²) in [5.41, 5.74) is 4.53. The highest BCUT2D eigenvalue weighted by molar-refractivity contribution is 5.98. The number of carbonyl (C=O) groups is 2. The van der Waals surface area contributed by atoms with Crippen LogP contribution in [0, 0.1) is 13.8 Å². The number of benzene rings is 2. The maximum Gasteiger partial charge on any atom is 0.265 e. The van der Waals surface area contributed by atoms with Gasteiger partial charge in [0.1, 0.15) is 5.75 Å². The van der Waals surface area contributed by atoms with E-state index in [1.807, 2.05) is 38.1 Å². The fraction of sp³-hybridized carbons (Fsp3) is 0.263. The van der Waals surface area contributed by atoms with Gasteiger partial charge in [-0.05, 0) is 61.7 Å². The van der Waals surface area contributed by atoms with Gasteiger partial charge in [-0.25, -0.2) is 0 Å². The standard InChI is InChI=1S/C19H20N2O3/c1-11-4-6-15(8-12(11)2)20-18(22)10-14-5-7-17-16(9-14)21-19(23)13(3)24-17/h4-9,13H,10H2,1-3H3,(H,20,22)(H,21,23). The Labute approximate surface area is 141 Å². The van der Waals surface area contributed by atoms with Crippen LogP contribution >= 0.6 is 0 Å². The first-order valence-corrected chi connectivity index (χ1v) is 7.90. The van der Waals surface area contributed by atoms with Crippen molar-refractivity contribution in [2.75, 3.05) is 10.6 Å². The summed E-state index contributed by atoms with van der Waals surface area (Å²) in [6.07, 6.45) is -0.276. The monoisotopic (exact) mass is 324 g/mol. The molecule has 0 aromatic heterocycles. The second-order valence-corrected chi connectivity index (χ2v) is 6.10. The Morgan fingerprint density at radius 3 is 2.71 bits per heavy atom. The number of aryl methyl sites for hydroxylation is 2. The maximum absolute atomic E-state index is 12.2. The van der Waals surface area contributed by atoms with E-state index >= 15 is 0 Å². The first-order chi connectivity index (χ1) is 11.4. The number of hydrogen-bond donors (Lipinski definition) is 2. The van der Waals surface area contributed by atoms with E-state index in [1.165, 1.54) is 5.56 Å². The molecule has 1 unspecified atom stereocenters. The molecule has 1 atom stereocenters. The van der Waals surface area contributed by atoms with Gasteiger partial charge in [0.25, 0.3) is 5.91 Å². The minimum atomic E-state index is -0.503. The molecule has 124 valence electrons. The number of rotatable bonds is 3. The van der Waals surface area contributed by atoms with Crippen LogP contribution in [0.2, 0.25) is 0 Å². The minimum absolute atomic E-state index is 0.102. The van der Waals surface area contributed by atoms with Crippen molar-refractivity contribution in [1.29, 1.82) is 0 Å². The van der Waals surface area contributed by atoms with E-state index in [0.717, 1.165) is 16.8 Å². The fourth-order valence-corrected chi connectivity index (χ4v) is 2.58. The smallest absolute Gasteiger partial charge is 0.265 e. The van der Waals surface area contributed by atoms with E-state index in [2.05, 4.69) is 10.6 Å². The molecular weight excluding hydrogens is 304 g/mol. The number of fused-ring (bicyclic) bond motifs is 1. The van der Waals surface area contributed by atoms with Crippen LogP contribution < -0.4 is 15.4 Å². The van der Waals surface area contributed by atoms with Crippen molar-refractivity contribution in [2.45, 2.75) is 33.3 Å². The molecule has 2 N–H and O–H groups in total. The van der Waals surface area contributed by atoms with Crippen LogP contribution in [-0.4, -0.2) is 17.9 Å². The number of nitrogens with one attached hydrogen (secondary N) is 2. The molecule has 1 heterocycles. The van der Waals surface area contributed by atoms with Gasteiger partial charge in [0.05, 0.1) is 12.1 Å². The highest BCUT2D eigenvalue weighted by Gasteiger charge is 2.23. The second-order valence-electron chi connectivity index (χ2n) is 6.10. The summed E-state index contributed by atoms with van der Waals surface area (Å²) in [5, 5.41) is 5.69. The average Bonchev–Trinajstić information content (AvgIpc) is 2.52. The summed E-state index contributed by atoms with van der Waals surface area (Å²) >= 11 is 0. The Morgan fingerprint density at radius 2 is 1.96 bits per heavy atom. The molecule has 2 amide bonds. The Kier molecular flexibility index (Phi) is 4.25. The molecule has 2 aromatic carbocycles. The Balaban J connectivity index is 1.69. The number of ether oxygens (including phenoxy) is 1. The van der Waals surface area contributed by atoms with Crippen molar-refractivity contribution in [3.63, 3.8) is 0 Å². The first-order valence-electron chi connectivity index (χ1n) is 7.90. The molecule has 5 heteroatoms. The van der Waals surface area contributed by atoms with Crippen molar-refractivity contribution in [3.8, 4) is 5.75 Å². The zero-order valence-electron chi connectivity index (χ0n) is 14.0. The summed E-state index contributed by atoms with van der Waals surface area (Å²) in [6.45, 7) is 5.74. The molecule has 5 nitrogen and oxygen atoms in total. The largest absolute Gasteiger partial charge is 0.479 e. The predicted octanol–water partition coefficient (Wildman–Crippen LogP) is 3.20. The van der Waals surface area contributed by atoms with Crippen LogP contribution in [0.3, 0.4) is 0 Å². The van der Waals surface area contributed by atoms with Gasteiger partial charge in [-0.3, -0.25) is 9.59 Å². The topological polar surface area (TPSA) is 67.4 Å². The van der Waals surface area contributed by atoms with E-state index in [1.54, 1.807) is 19.1 Å². The Bertz CT molecular complexity index is 814. The third-order valence-corrected chi connectivity index (χ3v) is 4.13. The van der Waals surface area contributed by atoms with Crippen LogP contribution in [0.4, 0.5) is 11.4 Å². The van der Waals surface area contributed by atoms with Crippen LogP contribution in [-0.2, 0) is 16.0 Å². The third-order valence-electron chi connectivity index (χ3n) is 4.13. The summed E-state index contributed by atoms with van der Waals surface area (Å²) in [6, 6.07) is 11.2. The molecular formula is C19H20N2O3. The second kappa shape index (κ2) is 6.35. The molecule has 0 bridgehead atoms. The summed E-state index contributed by atoms with van der Waals surface area (Å²) < 4.78 is 5.51. The summed E-state index contributed by atoms with van der Waals surface area (Å²) in [5.74, 6) is 0.342. The highest BCUT2D eigenvalue weighted by atomic mass is 16.5. The molecule has 2 aromatic rings. The molecule has 0 radical (unpaired) electrons. The van der Waals surface area contributed by atoms with Crippen LogP contribution in [0.1, 0.15) is 23.6 Å². The molecule has 0 saturated carbocycles. The zero-order valence-corrected chi connectivity index (χ0v) is 14.0. The lowest BCUT2D eigenvalue weighted by Gasteiger charge is -2.23. The van der Waals surface area contributed by atoms with Crippen molar-refractivity contribution < 1.29 is 14.3 Å². The zero-order chi connectivity index (χ0) is 17.3.